The van der Waals surface area contributed by atoms with Crippen LogP contribution in [0.4, 0.5) is 0 Å². The molecule has 4 heterocycles. The molecule has 3 aromatic heterocycles. The molecule has 0 amide bonds. The number of para-hydroxylation sites is 3. The molecule has 13 rings (SSSR count). The summed E-state index contributed by atoms with van der Waals surface area (Å²) in [4.78, 5) is 11.2. The van der Waals surface area contributed by atoms with E-state index in [2.05, 4.69) is 240 Å². The molecular formula is C58H38GeN4. The van der Waals surface area contributed by atoms with Crippen LogP contribution in [0.1, 0.15) is 0 Å². The molecule has 0 saturated carbocycles. The fourth-order valence-electron chi connectivity index (χ4n) is 10.6. The summed E-state index contributed by atoms with van der Waals surface area (Å²) < 4.78 is 10.3. The third kappa shape index (κ3) is 5.22. The van der Waals surface area contributed by atoms with Crippen LogP contribution >= 0.6 is 0 Å². The minimum atomic E-state index is -3.64. The van der Waals surface area contributed by atoms with Crippen LogP contribution in [0.15, 0.2) is 231 Å². The molecule has 63 heavy (non-hydrogen) atoms. The van der Waals surface area contributed by atoms with Crippen molar-refractivity contribution < 1.29 is 0 Å². The molecule has 1 aliphatic rings. The van der Waals surface area contributed by atoms with E-state index in [0.717, 1.165) is 45.2 Å². The van der Waals surface area contributed by atoms with Gasteiger partial charge in [0.25, 0.3) is 0 Å². The fraction of sp³-hybridized carbons (Fsp3) is 0. The molecule has 0 N–H and O–H groups in total. The summed E-state index contributed by atoms with van der Waals surface area (Å²) in [6.07, 6.45) is 0. The van der Waals surface area contributed by atoms with Gasteiger partial charge in [0.15, 0.2) is 0 Å². The van der Waals surface area contributed by atoms with Crippen molar-refractivity contribution in [2.24, 2.45) is 0 Å². The SMILES string of the molecule is c1ccc(-c2nc(-c3ccc(-n4c5ccccc5c5c4ccc4c6ccccc6n(-c6ccccc6)c45)cc3)nc3[c]2[Ge]([c]2ccccc2)([c]2ccccc2)[c]2ccccc2-3)cc1. The van der Waals surface area contributed by atoms with Crippen LogP contribution in [0, 0.1) is 0 Å². The van der Waals surface area contributed by atoms with Gasteiger partial charge in [-0.3, -0.25) is 0 Å². The van der Waals surface area contributed by atoms with Gasteiger partial charge in [-0.05, 0) is 18.2 Å². The fourth-order valence-corrected chi connectivity index (χ4v) is 21.6. The Morgan fingerprint density at radius 2 is 0.889 bits per heavy atom. The van der Waals surface area contributed by atoms with Gasteiger partial charge in [-0.2, -0.15) is 0 Å². The van der Waals surface area contributed by atoms with E-state index in [1.807, 2.05) is 0 Å². The van der Waals surface area contributed by atoms with Crippen LogP contribution in [-0.4, -0.2) is 32.4 Å². The van der Waals surface area contributed by atoms with Crippen molar-refractivity contribution in [3.05, 3.63) is 231 Å². The molecule has 0 saturated heterocycles. The molecule has 0 bridgehead atoms. The Morgan fingerprint density at radius 3 is 1.59 bits per heavy atom. The first-order chi connectivity index (χ1) is 31.3. The second-order valence-corrected chi connectivity index (χ2v) is 24.2. The number of hydrogen-bond acceptors (Lipinski definition) is 2. The Kier molecular flexibility index (Phi) is 8.05. The van der Waals surface area contributed by atoms with Gasteiger partial charge >= 0.3 is 282 Å². The molecule has 294 valence electrons. The molecular weight excluding hydrogens is 825 g/mol. The zero-order chi connectivity index (χ0) is 41.5. The average molecular weight is 864 g/mol. The predicted octanol–water partition coefficient (Wildman–Crippen LogP) is 11.4. The number of fused-ring (bicyclic) bond motifs is 10. The number of aromatic nitrogens is 4. The first-order valence-electron chi connectivity index (χ1n) is 21.6. The molecule has 5 heteroatoms. The van der Waals surface area contributed by atoms with Crippen molar-refractivity contribution in [2.75, 3.05) is 0 Å². The predicted molar refractivity (Wildman–Crippen MR) is 264 cm³/mol. The molecule has 0 unspecified atom stereocenters. The summed E-state index contributed by atoms with van der Waals surface area (Å²) in [7, 11) is 0. The van der Waals surface area contributed by atoms with E-state index in [1.54, 1.807) is 0 Å². The van der Waals surface area contributed by atoms with Crippen LogP contribution in [0.25, 0.3) is 88.9 Å². The Balaban J connectivity index is 1.03. The average Bonchev–Trinajstić information content (AvgIpc) is 3.99. The van der Waals surface area contributed by atoms with E-state index < -0.39 is 13.3 Å². The second-order valence-electron chi connectivity index (χ2n) is 16.5. The van der Waals surface area contributed by atoms with Crippen LogP contribution < -0.4 is 17.6 Å². The van der Waals surface area contributed by atoms with Gasteiger partial charge in [-0.1, -0.05) is 42.5 Å². The molecule has 0 fully saturated rings. The standard InChI is InChI=1S/C58H38GeN4/c1-5-19-39(20-6-1)55-54-56(47-28-13-16-30-49(47)59(54,41-21-7-2-8-22-41)42-23-9-3-10-24-42)61-58(60-55)40-33-35-44(36-34-40)62-51-32-18-15-29-48(51)53-52(62)38-37-46-45-27-14-17-31-50(45)63(57(46)53)43-25-11-4-12-26-43/h1-38H. The summed E-state index contributed by atoms with van der Waals surface area (Å²) >= 11 is -3.64. The van der Waals surface area contributed by atoms with Crippen LogP contribution in [0.5, 0.6) is 0 Å². The van der Waals surface area contributed by atoms with Crippen molar-refractivity contribution in [1.29, 1.82) is 0 Å². The summed E-state index contributed by atoms with van der Waals surface area (Å²) in [5.41, 5.74) is 12.4. The van der Waals surface area contributed by atoms with E-state index in [0.29, 0.717) is 0 Å². The molecule has 1 aliphatic heterocycles. The molecule has 9 aromatic carbocycles. The van der Waals surface area contributed by atoms with Gasteiger partial charge in [0.2, 0.25) is 0 Å². The number of benzene rings is 9. The third-order valence-electron chi connectivity index (χ3n) is 13.2. The van der Waals surface area contributed by atoms with Crippen LogP contribution in [-0.2, 0) is 0 Å². The first kappa shape index (κ1) is 35.9. The molecule has 4 nitrogen and oxygen atoms in total. The van der Waals surface area contributed by atoms with Gasteiger partial charge in [0.1, 0.15) is 0 Å². The topological polar surface area (TPSA) is 35.6 Å². The van der Waals surface area contributed by atoms with E-state index in [-0.39, 0.29) is 0 Å². The normalized spacial score (nSPS) is 12.9. The van der Waals surface area contributed by atoms with E-state index >= 15 is 0 Å². The Labute approximate surface area is 367 Å². The number of nitrogens with zero attached hydrogens (tertiary/aromatic N) is 4. The van der Waals surface area contributed by atoms with Gasteiger partial charge in [-0.15, -0.1) is 0 Å². The maximum absolute atomic E-state index is 5.63. The van der Waals surface area contributed by atoms with E-state index in [4.69, 9.17) is 9.97 Å². The quantitative estimate of drug-likeness (QED) is 0.156. The van der Waals surface area contributed by atoms with Crippen molar-refractivity contribution in [3.8, 4) is 45.3 Å². The Bertz CT molecular complexity index is 3670. The summed E-state index contributed by atoms with van der Waals surface area (Å²) in [6.45, 7) is 0. The van der Waals surface area contributed by atoms with Gasteiger partial charge in [-0.25, -0.2) is 0 Å². The van der Waals surface area contributed by atoms with Crippen molar-refractivity contribution >= 4 is 74.5 Å². The molecule has 0 spiro atoms. The minimum absolute atomic E-state index is 0.726. The van der Waals surface area contributed by atoms with Crippen LogP contribution in [0.2, 0.25) is 0 Å². The van der Waals surface area contributed by atoms with Crippen molar-refractivity contribution in [1.82, 2.24) is 19.1 Å². The summed E-state index contributed by atoms with van der Waals surface area (Å²) in [6, 6.07) is 83.9. The third-order valence-corrected chi connectivity index (χ3v) is 23.4. The van der Waals surface area contributed by atoms with Gasteiger partial charge in [0.05, 0.1) is 5.52 Å². The van der Waals surface area contributed by atoms with E-state index in [1.165, 1.54) is 61.2 Å². The van der Waals surface area contributed by atoms with Crippen molar-refractivity contribution in [3.63, 3.8) is 0 Å². The Morgan fingerprint density at radius 1 is 0.349 bits per heavy atom. The molecule has 0 atom stereocenters. The zero-order valence-electron chi connectivity index (χ0n) is 34.2. The van der Waals surface area contributed by atoms with Gasteiger partial charge in [0, 0.05) is 16.5 Å². The van der Waals surface area contributed by atoms with Crippen LogP contribution in [0.3, 0.4) is 0 Å². The zero-order valence-corrected chi connectivity index (χ0v) is 36.3. The number of rotatable bonds is 6. The first-order valence-corrected chi connectivity index (χ1v) is 25.8. The summed E-state index contributed by atoms with van der Waals surface area (Å²) in [5.74, 6) is 0.726. The Hall–Kier alpha value is -7.80. The molecule has 0 radical (unpaired) electrons. The van der Waals surface area contributed by atoms with E-state index in [9.17, 15) is 0 Å². The van der Waals surface area contributed by atoms with Gasteiger partial charge < -0.3 is 4.57 Å². The summed E-state index contributed by atoms with van der Waals surface area (Å²) in [5, 5.41) is 4.96. The second kappa shape index (κ2) is 14.1. The maximum atomic E-state index is 5.63. The van der Waals surface area contributed by atoms with Crippen molar-refractivity contribution in [2.45, 2.75) is 0 Å². The molecule has 12 aromatic rings. The number of hydrogen-bond donors (Lipinski definition) is 0. The molecule has 0 aliphatic carbocycles. The monoisotopic (exact) mass is 864 g/mol.